The van der Waals surface area contributed by atoms with E-state index in [1.165, 1.54) is 5.56 Å². The van der Waals surface area contributed by atoms with Crippen LogP contribution >= 0.6 is 0 Å². The van der Waals surface area contributed by atoms with E-state index in [-0.39, 0.29) is 11.7 Å². The lowest BCUT2D eigenvalue weighted by molar-refractivity contribution is 0.0745. The molecule has 0 aliphatic carbocycles. The lowest BCUT2D eigenvalue weighted by atomic mass is 10.1. The van der Waals surface area contributed by atoms with E-state index >= 15 is 0 Å². The fourth-order valence-electron chi connectivity index (χ4n) is 5.31. The van der Waals surface area contributed by atoms with E-state index in [1.807, 2.05) is 15.5 Å². The maximum Gasteiger partial charge on any atom is 0.254 e. The zero-order chi connectivity index (χ0) is 27.6. The summed E-state index contributed by atoms with van der Waals surface area (Å²) in [5.41, 5.74) is 3.74. The van der Waals surface area contributed by atoms with Gasteiger partial charge in [-0.05, 0) is 37.5 Å². The van der Waals surface area contributed by atoms with Crippen LogP contribution in [0.1, 0.15) is 34.3 Å². The summed E-state index contributed by atoms with van der Waals surface area (Å²) in [6, 6.07) is 11.2. The molecule has 0 saturated carbocycles. The van der Waals surface area contributed by atoms with Crippen molar-refractivity contribution in [3.63, 3.8) is 0 Å². The van der Waals surface area contributed by atoms with Gasteiger partial charge in [-0.15, -0.1) is 0 Å². The SMILES string of the molecule is Cc1cccc(Cn2cnc3c(NCC4CCCO4)nc(N4CCN(C(=O)c5cc(F)cc(F)c5)CC4)nc32)c1. The largest absolute Gasteiger partial charge is 0.376 e. The third-order valence-electron chi connectivity index (χ3n) is 7.37. The first-order chi connectivity index (χ1) is 19.4. The summed E-state index contributed by atoms with van der Waals surface area (Å²) in [5, 5.41) is 3.44. The molecule has 9 nitrogen and oxygen atoms in total. The minimum atomic E-state index is -0.769. The molecule has 1 N–H and O–H groups in total. The number of fused-ring (bicyclic) bond motifs is 1. The molecule has 2 fully saturated rings. The number of rotatable bonds is 7. The Labute approximate surface area is 230 Å². The Morgan fingerprint density at radius 3 is 2.60 bits per heavy atom. The highest BCUT2D eigenvalue weighted by molar-refractivity contribution is 5.94. The van der Waals surface area contributed by atoms with Gasteiger partial charge in [0, 0.05) is 51.0 Å². The average Bonchev–Trinajstić information content (AvgIpc) is 3.61. The number of imidazole rings is 1. The molecule has 0 bridgehead atoms. The number of amides is 1. The molecule has 2 aliphatic rings. The zero-order valence-electron chi connectivity index (χ0n) is 22.3. The summed E-state index contributed by atoms with van der Waals surface area (Å²) in [7, 11) is 0. The minimum absolute atomic E-state index is 0.00397. The molecule has 6 rings (SSSR count). The van der Waals surface area contributed by atoms with E-state index < -0.39 is 17.5 Å². The molecule has 11 heteroatoms. The van der Waals surface area contributed by atoms with Gasteiger partial charge in [-0.1, -0.05) is 29.8 Å². The molecule has 4 aromatic rings. The molecule has 2 aromatic carbocycles. The van der Waals surface area contributed by atoms with E-state index in [1.54, 1.807) is 11.2 Å². The zero-order valence-corrected chi connectivity index (χ0v) is 22.3. The van der Waals surface area contributed by atoms with Crippen LogP contribution in [0.5, 0.6) is 0 Å². The number of hydrogen-bond donors (Lipinski definition) is 1. The number of nitrogens with one attached hydrogen (secondary N) is 1. The highest BCUT2D eigenvalue weighted by atomic mass is 19.1. The number of hydrogen-bond acceptors (Lipinski definition) is 7. The quantitative estimate of drug-likeness (QED) is 0.374. The second-order valence-electron chi connectivity index (χ2n) is 10.4. The van der Waals surface area contributed by atoms with Crippen molar-refractivity contribution in [3.05, 3.63) is 77.1 Å². The van der Waals surface area contributed by atoms with Crippen LogP contribution in [0.15, 0.2) is 48.8 Å². The predicted molar refractivity (Wildman–Crippen MR) is 148 cm³/mol. The summed E-state index contributed by atoms with van der Waals surface area (Å²) in [6.07, 6.45) is 3.97. The monoisotopic (exact) mass is 547 g/mol. The number of piperazine rings is 1. The predicted octanol–water partition coefficient (Wildman–Crippen LogP) is 4.01. The molecule has 2 aliphatic heterocycles. The average molecular weight is 548 g/mol. The smallest absolute Gasteiger partial charge is 0.254 e. The van der Waals surface area contributed by atoms with Gasteiger partial charge in [0.25, 0.3) is 5.91 Å². The molecular weight excluding hydrogens is 516 g/mol. The van der Waals surface area contributed by atoms with Crippen LogP contribution in [0.2, 0.25) is 0 Å². The Hall–Kier alpha value is -4.12. The van der Waals surface area contributed by atoms with Crippen molar-refractivity contribution in [1.29, 1.82) is 0 Å². The minimum Gasteiger partial charge on any atom is -0.376 e. The van der Waals surface area contributed by atoms with E-state index in [9.17, 15) is 13.6 Å². The van der Waals surface area contributed by atoms with Crippen LogP contribution < -0.4 is 10.2 Å². The molecule has 1 unspecified atom stereocenters. The first-order valence-electron chi connectivity index (χ1n) is 13.6. The van der Waals surface area contributed by atoms with Crippen molar-refractivity contribution < 1.29 is 18.3 Å². The molecule has 2 aromatic heterocycles. The third-order valence-corrected chi connectivity index (χ3v) is 7.37. The Morgan fingerprint density at radius 1 is 1.07 bits per heavy atom. The van der Waals surface area contributed by atoms with Gasteiger partial charge in [0.2, 0.25) is 5.95 Å². The number of aromatic nitrogens is 4. The van der Waals surface area contributed by atoms with E-state index in [0.29, 0.717) is 56.6 Å². The van der Waals surface area contributed by atoms with Crippen molar-refractivity contribution >= 4 is 28.8 Å². The number of ether oxygens (including phenoxy) is 1. The van der Waals surface area contributed by atoms with E-state index in [2.05, 4.69) is 35.4 Å². The van der Waals surface area contributed by atoms with Gasteiger partial charge < -0.3 is 24.4 Å². The summed E-state index contributed by atoms with van der Waals surface area (Å²) in [4.78, 5) is 30.9. The summed E-state index contributed by atoms with van der Waals surface area (Å²) in [6.45, 7) is 5.79. The Morgan fingerprint density at radius 2 is 1.88 bits per heavy atom. The molecule has 0 radical (unpaired) electrons. The van der Waals surface area contributed by atoms with Crippen LogP contribution in [-0.2, 0) is 11.3 Å². The van der Waals surface area contributed by atoms with Gasteiger partial charge in [0.1, 0.15) is 11.6 Å². The summed E-state index contributed by atoms with van der Waals surface area (Å²) in [5.74, 6) is -0.753. The molecule has 4 heterocycles. The van der Waals surface area contributed by atoms with Crippen molar-refractivity contribution in [2.75, 3.05) is 49.5 Å². The molecule has 1 atom stereocenters. The topological polar surface area (TPSA) is 88.4 Å². The van der Waals surface area contributed by atoms with Crippen LogP contribution in [0.4, 0.5) is 20.5 Å². The molecule has 1 amide bonds. The number of anilines is 2. The Balaban J connectivity index is 1.25. The van der Waals surface area contributed by atoms with E-state index in [0.717, 1.165) is 48.9 Å². The normalized spacial score (nSPS) is 17.5. The summed E-state index contributed by atoms with van der Waals surface area (Å²) >= 11 is 0. The third kappa shape index (κ3) is 5.60. The van der Waals surface area contributed by atoms with Gasteiger partial charge >= 0.3 is 0 Å². The number of carbonyl (C=O) groups is 1. The maximum absolute atomic E-state index is 13.7. The highest BCUT2D eigenvalue weighted by Crippen LogP contribution is 2.25. The van der Waals surface area contributed by atoms with Crippen LogP contribution in [0, 0.1) is 18.6 Å². The maximum atomic E-state index is 13.7. The first-order valence-corrected chi connectivity index (χ1v) is 13.6. The van der Waals surface area contributed by atoms with Gasteiger partial charge in [-0.25, -0.2) is 13.8 Å². The van der Waals surface area contributed by atoms with Gasteiger partial charge in [-0.3, -0.25) is 4.79 Å². The highest BCUT2D eigenvalue weighted by Gasteiger charge is 2.26. The van der Waals surface area contributed by atoms with Gasteiger partial charge in [0.05, 0.1) is 19.0 Å². The fraction of sp³-hybridized carbons (Fsp3) is 0.379. The van der Waals surface area contributed by atoms with Crippen LogP contribution in [-0.4, -0.2) is 75.8 Å². The Bertz CT molecular complexity index is 1510. The lowest BCUT2D eigenvalue weighted by Crippen LogP contribution is -2.49. The molecule has 40 heavy (non-hydrogen) atoms. The van der Waals surface area contributed by atoms with E-state index in [4.69, 9.17) is 14.7 Å². The Kier molecular flexibility index (Phi) is 7.29. The van der Waals surface area contributed by atoms with Gasteiger partial charge in [0.15, 0.2) is 17.0 Å². The van der Waals surface area contributed by atoms with Gasteiger partial charge in [-0.2, -0.15) is 9.97 Å². The fourth-order valence-corrected chi connectivity index (χ4v) is 5.31. The number of aryl methyl sites for hydroxylation is 1. The number of carbonyl (C=O) groups excluding carboxylic acids is 1. The number of nitrogens with zero attached hydrogens (tertiary/aromatic N) is 6. The first kappa shape index (κ1) is 26.1. The second kappa shape index (κ2) is 11.2. The van der Waals surface area contributed by atoms with Crippen molar-refractivity contribution in [2.45, 2.75) is 32.4 Å². The summed E-state index contributed by atoms with van der Waals surface area (Å²) < 4.78 is 35.2. The molecule has 208 valence electrons. The second-order valence-corrected chi connectivity index (χ2v) is 10.4. The molecular formula is C29H31F2N7O2. The number of halogens is 2. The number of benzene rings is 2. The lowest BCUT2D eigenvalue weighted by Gasteiger charge is -2.35. The van der Waals surface area contributed by atoms with Crippen LogP contribution in [0.3, 0.4) is 0 Å². The van der Waals surface area contributed by atoms with Crippen molar-refractivity contribution in [1.82, 2.24) is 24.4 Å². The van der Waals surface area contributed by atoms with Crippen molar-refractivity contribution in [3.8, 4) is 0 Å². The molecule has 2 saturated heterocycles. The molecule has 0 spiro atoms. The van der Waals surface area contributed by atoms with Crippen molar-refractivity contribution in [2.24, 2.45) is 0 Å². The standard InChI is InChI=1S/C29H31F2N7O2/c1-19-4-2-5-20(12-19)17-38-18-33-25-26(32-16-24-6-3-11-40-24)34-29(35-27(25)38)37-9-7-36(8-10-37)28(39)21-13-22(30)15-23(31)14-21/h2,4-5,12-15,18,24H,3,6-11,16-17H2,1H3,(H,32,34,35). The van der Waals surface area contributed by atoms with Crippen LogP contribution in [0.25, 0.3) is 11.2 Å².